The quantitative estimate of drug-likeness (QED) is 0.699. The van der Waals surface area contributed by atoms with Crippen molar-refractivity contribution in [3.05, 3.63) is 28.0 Å². The lowest BCUT2D eigenvalue weighted by Gasteiger charge is -2.17. The van der Waals surface area contributed by atoms with Gasteiger partial charge in [0.25, 0.3) is 0 Å². The van der Waals surface area contributed by atoms with Crippen LogP contribution in [0, 0.1) is 5.92 Å². The second-order valence-corrected chi connectivity index (χ2v) is 5.10. The smallest absolute Gasteiger partial charge is 0.160 e. The Morgan fingerprint density at radius 2 is 2.07 bits per heavy atom. The molecular weight excluding hydrogens is 204 g/mol. The van der Waals surface area contributed by atoms with Gasteiger partial charge in [-0.3, -0.25) is 4.79 Å². The van der Waals surface area contributed by atoms with Gasteiger partial charge in [-0.05, 0) is 35.8 Å². The lowest BCUT2D eigenvalue weighted by atomic mass is 9.89. The van der Waals surface area contributed by atoms with Crippen LogP contribution < -0.4 is 0 Å². The molecule has 2 heteroatoms. The minimum absolute atomic E-state index is 0.762. The summed E-state index contributed by atoms with van der Waals surface area (Å²) < 4.78 is 0. The zero-order valence-corrected chi connectivity index (χ0v) is 9.63. The van der Waals surface area contributed by atoms with Crippen LogP contribution in [0.1, 0.15) is 47.3 Å². The third kappa shape index (κ3) is 3.03. The summed E-state index contributed by atoms with van der Waals surface area (Å²) in [6, 6.07) is 1.96. The molecule has 1 nitrogen and oxygen atoms in total. The van der Waals surface area contributed by atoms with E-state index in [0.29, 0.717) is 0 Å². The summed E-state index contributed by atoms with van der Waals surface area (Å²) in [5.41, 5.74) is 1.17. The molecule has 0 aromatic carbocycles. The van der Waals surface area contributed by atoms with Crippen LogP contribution in [0.4, 0.5) is 0 Å². The first-order chi connectivity index (χ1) is 7.38. The van der Waals surface area contributed by atoms with Gasteiger partial charge in [0.15, 0.2) is 6.29 Å². The van der Waals surface area contributed by atoms with Gasteiger partial charge in [0, 0.05) is 0 Å². The third-order valence-electron chi connectivity index (χ3n) is 2.97. The fraction of sp³-hybridized carbons (Fsp3) is 0.462. The van der Waals surface area contributed by atoms with E-state index in [4.69, 9.17) is 0 Å². The average molecular weight is 220 g/mol. The highest BCUT2D eigenvalue weighted by atomic mass is 32.1. The molecule has 0 aliphatic heterocycles. The Morgan fingerprint density at radius 3 is 2.73 bits per heavy atom. The third-order valence-corrected chi connectivity index (χ3v) is 3.84. The number of carbonyl (C=O) groups excluding carboxylic acids is 1. The first-order valence-corrected chi connectivity index (χ1v) is 6.48. The van der Waals surface area contributed by atoms with Crippen LogP contribution in [0.15, 0.2) is 17.5 Å². The molecule has 80 valence electrons. The van der Waals surface area contributed by atoms with Crippen LogP contribution in [0.25, 0.3) is 6.08 Å². The zero-order valence-electron chi connectivity index (χ0n) is 8.82. The fourth-order valence-corrected chi connectivity index (χ4v) is 2.77. The van der Waals surface area contributed by atoms with Gasteiger partial charge in [0.05, 0.1) is 4.88 Å². The number of aldehydes is 1. The van der Waals surface area contributed by atoms with E-state index in [1.807, 2.05) is 11.4 Å². The second kappa shape index (κ2) is 5.26. The van der Waals surface area contributed by atoms with Gasteiger partial charge in [0.2, 0.25) is 0 Å². The van der Waals surface area contributed by atoms with Crippen molar-refractivity contribution in [1.29, 1.82) is 0 Å². The van der Waals surface area contributed by atoms with Gasteiger partial charge >= 0.3 is 0 Å². The number of hydrogen-bond donors (Lipinski definition) is 0. The Hall–Kier alpha value is -0.890. The number of allylic oxidation sites excluding steroid dienone is 1. The van der Waals surface area contributed by atoms with Crippen molar-refractivity contribution < 1.29 is 4.79 Å². The van der Waals surface area contributed by atoms with Crippen molar-refractivity contribution in [1.82, 2.24) is 0 Å². The lowest BCUT2D eigenvalue weighted by Crippen LogP contribution is -2.02. The molecule has 0 N–H and O–H groups in total. The molecule has 1 aromatic rings. The summed E-state index contributed by atoms with van der Waals surface area (Å²) in [4.78, 5) is 11.3. The Labute approximate surface area is 94.8 Å². The van der Waals surface area contributed by atoms with E-state index in [2.05, 4.69) is 12.2 Å². The van der Waals surface area contributed by atoms with E-state index in [1.54, 1.807) is 0 Å². The summed E-state index contributed by atoms with van der Waals surface area (Å²) in [6.45, 7) is 0. The van der Waals surface area contributed by atoms with Crippen molar-refractivity contribution in [2.75, 3.05) is 0 Å². The molecule has 0 bridgehead atoms. The number of hydrogen-bond acceptors (Lipinski definition) is 2. The zero-order chi connectivity index (χ0) is 10.5. The molecule has 0 atom stereocenters. The SMILES string of the molecule is O=Cc1cc(/C=C/C2CCCCC2)cs1. The highest BCUT2D eigenvalue weighted by Crippen LogP contribution is 2.25. The molecule has 1 aliphatic rings. The summed E-state index contributed by atoms with van der Waals surface area (Å²) in [7, 11) is 0. The Morgan fingerprint density at radius 1 is 1.27 bits per heavy atom. The molecule has 1 heterocycles. The van der Waals surface area contributed by atoms with Crippen molar-refractivity contribution in [2.45, 2.75) is 32.1 Å². The molecule has 2 rings (SSSR count). The van der Waals surface area contributed by atoms with E-state index in [0.717, 1.165) is 17.1 Å². The van der Waals surface area contributed by atoms with Crippen molar-refractivity contribution in [2.24, 2.45) is 5.92 Å². The van der Waals surface area contributed by atoms with Gasteiger partial charge in [-0.25, -0.2) is 0 Å². The molecule has 1 aromatic heterocycles. The molecule has 1 saturated carbocycles. The Bertz CT molecular complexity index is 345. The van der Waals surface area contributed by atoms with E-state index in [-0.39, 0.29) is 0 Å². The van der Waals surface area contributed by atoms with Crippen LogP contribution in [0.5, 0.6) is 0 Å². The molecule has 0 radical (unpaired) electrons. The molecule has 0 saturated heterocycles. The summed E-state index contributed by atoms with van der Waals surface area (Å²) >= 11 is 1.52. The first kappa shape index (κ1) is 10.6. The molecule has 15 heavy (non-hydrogen) atoms. The minimum Gasteiger partial charge on any atom is -0.297 e. The normalized spacial score (nSPS) is 18.4. The van der Waals surface area contributed by atoms with Crippen LogP contribution in [0.3, 0.4) is 0 Å². The van der Waals surface area contributed by atoms with Crippen LogP contribution in [-0.2, 0) is 0 Å². The summed E-state index contributed by atoms with van der Waals surface area (Å²) in [5.74, 6) is 0.762. The predicted octanol–water partition coefficient (Wildman–Crippen LogP) is 4.15. The van der Waals surface area contributed by atoms with E-state index >= 15 is 0 Å². The number of thiophene rings is 1. The molecule has 0 spiro atoms. The highest BCUT2D eigenvalue weighted by molar-refractivity contribution is 7.11. The van der Waals surface area contributed by atoms with E-state index in [1.165, 1.54) is 49.0 Å². The largest absolute Gasteiger partial charge is 0.297 e. The van der Waals surface area contributed by atoms with E-state index in [9.17, 15) is 4.79 Å². The second-order valence-electron chi connectivity index (χ2n) is 4.16. The maximum Gasteiger partial charge on any atom is 0.160 e. The van der Waals surface area contributed by atoms with Crippen molar-refractivity contribution in [3.63, 3.8) is 0 Å². The standard InChI is InChI=1S/C13H16OS/c14-9-13-8-12(10-15-13)7-6-11-4-2-1-3-5-11/h6-11H,1-5H2/b7-6+. The van der Waals surface area contributed by atoms with Crippen molar-refractivity contribution in [3.8, 4) is 0 Å². The molecule has 1 aliphatic carbocycles. The Kier molecular flexibility index (Phi) is 3.73. The first-order valence-electron chi connectivity index (χ1n) is 5.60. The van der Waals surface area contributed by atoms with Crippen LogP contribution in [0.2, 0.25) is 0 Å². The van der Waals surface area contributed by atoms with Crippen molar-refractivity contribution >= 4 is 23.7 Å². The highest BCUT2D eigenvalue weighted by Gasteiger charge is 2.09. The van der Waals surface area contributed by atoms with Crippen LogP contribution >= 0.6 is 11.3 Å². The topological polar surface area (TPSA) is 17.1 Å². The fourth-order valence-electron chi connectivity index (χ4n) is 2.09. The number of rotatable bonds is 3. The Balaban J connectivity index is 1.94. The van der Waals surface area contributed by atoms with Gasteiger partial charge in [0.1, 0.15) is 0 Å². The van der Waals surface area contributed by atoms with Gasteiger partial charge in [-0.2, -0.15) is 0 Å². The maximum atomic E-state index is 10.5. The van der Waals surface area contributed by atoms with Gasteiger partial charge in [-0.15, -0.1) is 11.3 Å². The number of carbonyl (C=O) groups is 1. The summed E-state index contributed by atoms with van der Waals surface area (Å²) in [6.07, 6.45) is 12.2. The molecule has 0 unspecified atom stereocenters. The van der Waals surface area contributed by atoms with E-state index < -0.39 is 0 Å². The van der Waals surface area contributed by atoms with Crippen LogP contribution in [-0.4, -0.2) is 6.29 Å². The summed E-state index contributed by atoms with van der Waals surface area (Å²) in [5, 5.41) is 2.04. The maximum absolute atomic E-state index is 10.5. The van der Waals surface area contributed by atoms with Gasteiger partial charge < -0.3 is 0 Å². The average Bonchev–Trinajstić information content (AvgIpc) is 2.76. The molecular formula is C13H16OS. The monoisotopic (exact) mass is 220 g/mol. The molecule has 1 fully saturated rings. The van der Waals surface area contributed by atoms with Gasteiger partial charge in [-0.1, -0.05) is 31.4 Å². The predicted molar refractivity (Wildman–Crippen MR) is 65.3 cm³/mol. The lowest BCUT2D eigenvalue weighted by molar-refractivity contribution is 0.112. The molecule has 0 amide bonds. The minimum atomic E-state index is 0.762.